The van der Waals surface area contributed by atoms with E-state index in [1.54, 1.807) is 21.1 Å². The predicted molar refractivity (Wildman–Crippen MR) is 264 cm³/mol. The van der Waals surface area contributed by atoms with E-state index < -0.39 is 73.3 Å². The summed E-state index contributed by atoms with van der Waals surface area (Å²) in [4.78, 5) is 69.9. The Hall–Kier alpha value is -6.23. The molecule has 3 aromatic carbocycles. The second-order valence-electron chi connectivity index (χ2n) is 18.0. The third-order valence-electron chi connectivity index (χ3n) is 12.6. The number of carbonyl (C=O) groups is 1. The number of rotatable bonds is 22. The molecule has 0 saturated carbocycles. The van der Waals surface area contributed by atoms with Crippen LogP contribution in [0.15, 0.2) is 117 Å². The number of aromatic amines is 2. The average molecular weight is 996 g/mol. The van der Waals surface area contributed by atoms with E-state index in [0.29, 0.717) is 17.1 Å². The Balaban J connectivity index is 1.15. The monoisotopic (exact) mass is 995 g/mol. The number of ether oxygens (including phenoxy) is 5. The standard InChI is InChI=1S/C51H62N7O12P/c1-32(2)58(33(3)4)71(67-25-11-23-52)70-42-28-46(57-30-34(5)47(61)55-50(57)63)69-43(42)29-53-45(60)27-35-26-41(68-48(35)56-24-22-44(59)54-49(56)62)31-66-51(36-12-9-8-10-13-36,37-14-18-39(64-6)19-15-37)38-16-20-40(65-7)21-17-38/h8-10,12-22,24,30,32-33,35,41-43,46,48H,11,25-29,31H2,1-7H3,(H,53,60)(H,54,59,62)(H,55,61,63)/t35-,41-,42-,43+,46+,48+,71?/m0/s1. The molecule has 1 amide bonds. The van der Waals surface area contributed by atoms with Crippen LogP contribution in [-0.4, -0.2) is 94.1 Å². The third-order valence-corrected chi connectivity index (χ3v) is 14.7. The number of nitriles is 1. The molecule has 2 aliphatic heterocycles. The topological polar surface area (TPSA) is 230 Å². The number of nitrogens with one attached hydrogen (secondary N) is 3. The van der Waals surface area contributed by atoms with Crippen molar-refractivity contribution >= 4 is 14.4 Å². The van der Waals surface area contributed by atoms with E-state index in [2.05, 4.69) is 26.0 Å². The Labute approximate surface area is 412 Å². The Morgan fingerprint density at radius 3 is 2.07 bits per heavy atom. The molecule has 0 aliphatic carbocycles. The molecule has 0 bridgehead atoms. The molecule has 3 N–H and O–H groups in total. The van der Waals surface area contributed by atoms with Gasteiger partial charge in [0.05, 0.1) is 52.1 Å². The van der Waals surface area contributed by atoms with Gasteiger partial charge in [-0.25, -0.2) is 14.3 Å². The van der Waals surface area contributed by atoms with Crippen LogP contribution in [0.1, 0.15) is 88.1 Å². The zero-order valence-electron chi connectivity index (χ0n) is 40.9. The number of H-pyrrole nitrogens is 2. The lowest BCUT2D eigenvalue weighted by atomic mass is 9.80. The second-order valence-corrected chi connectivity index (χ2v) is 19.4. The van der Waals surface area contributed by atoms with Gasteiger partial charge >= 0.3 is 11.4 Å². The minimum atomic E-state index is -1.75. The summed E-state index contributed by atoms with van der Waals surface area (Å²) in [6, 6.07) is 28.3. The average Bonchev–Trinajstić information content (AvgIpc) is 3.95. The number of aryl methyl sites for hydroxylation is 1. The summed E-state index contributed by atoms with van der Waals surface area (Å²) in [5.74, 6) is 0.353. The summed E-state index contributed by atoms with van der Waals surface area (Å²) in [6.07, 6.45) is -0.713. The summed E-state index contributed by atoms with van der Waals surface area (Å²) >= 11 is 0. The van der Waals surface area contributed by atoms with Gasteiger partial charge in [-0.3, -0.25) is 33.5 Å². The highest BCUT2D eigenvalue weighted by Gasteiger charge is 2.45. The van der Waals surface area contributed by atoms with Gasteiger partial charge in [0, 0.05) is 61.4 Å². The maximum Gasteiger partial charge on any atom is 0.330 e. The molecule has 1 unspecified atom stereocenters. The Bertz CT molecular complexity index is 2790. The van der Waals surface area contributed by atoms with Crippen LogP contribution in [0.3, 0.4) is 0 Å². The lowest BCUT2D eigenvalue weighted by Gasteiger charge is -2.37. The number of aromatic nitrogens is 4. The molecule has 5 aromatic rings. The molecule has 2 fully saturated rings. The molecule has 7 atom stereocenters. The van der Waals surface area contributed by atoms with Crippen LogP contribution in [0, 0.1) is 24.2 Å². The first kappa shape index (κ1) is 52.6. The lowest BCUT2D eigenvalue weighted by Crippen LogP contribution is -2.40. The van der Waals surface area contributed by atoms with E-state index in [-0.39, 0.29) is 63.4 Å². The minimum absolute atomic E-state index is 0.00524. The summed E-state index contributed by atoms with van der Waals surface area (Å²) in [5, 5.41) is 12.3. The predicted octanol–water partition coefficient (Wildman–Crippen LogP) is 5.78. The minimum Gasteiger partial charge on any atom is -0.497 e. The molecule has 2 aliphatic rings. The van der Waals surface area contributed by atoms with Gasteiger partial charge in [-0.05, 0) is 82.0 Å². The van der Waals surface area contributed by atoms with E-state index >= 15 is 0 Å². The van der Waals surface area contributed by atoms with Gasteiger partial charge < -0.3 is 38.0 Å². The van der Waals surface area contributed by atoms with Crippen LogP contribution in [0.25, 0.3) is 0 Å². The SMILES string of the molecule is COc1ccc(C(OC[C@@H]2C[C@@H](CC(=O)NC[C@H]3O[C@@H](n4cc(C)c(=O)[nH]c4=O)C[C@@H]3OP(OCCC#N)N(C(C)C)C(C)C)[C@H](n3ccc(=O)[nH]c3=O)O2)(c2ccccc2)c2ccc(OC)cc2)cc1. The summed E-state index contributed by atoms with van der Waals surface area (Å²) in [7, 11) is 1.45. The fraction of sp³-hybridized carbons (Fsp3) is 0.451. The molecule has 2 aromatic heterocycles. The van der Waals surface area contributed by atoms with Crippen LogP contribution in [0.5, 0.6) is 11.5 Å². The number of nitrogens with zero attached hydrogens (tertiary/aromatic N) is 4. The van der Waals surface area contributed by atoms with Crippen molar-refractivity contribution in [3.63, 3.8) is 0 Å². The first-order valence-electron chi connectivity index (χ1n) is 23.6. The number of amides is 1. The molecule has 19 nitrogen and oxygen atoms in total. The second kappa shape index (κ2) is 23.8. The highest BCUT2D eigenvalue weighted by molar-refractivity contribution is 7.44. The van der Waals surface area contributed by atoms with Gasteiger partial charge in [-0.2, -0.15) is 5.26 Å². The van der Waals surface area contributed by atoms with Crippen molar-refractivity contribution < 1.29 is 37.5 Å². The summed E-state index contributed by atoms with van der Waals surface area (Å²) in [6.45, 7) is 9.73. The Morgan fingerprint density at radius 1 is 0.859 bits per heavy atom. The highest BCUT2D eigenvalue weighted by atomic mass is 31.2. The molecule has 20 heteroatoms. The zero-order valence-corrected chi connectivity index (χ0v) is 41.8. The molecule has 0 spiro atoms. The largest absolute Gasteiger partial charge is 0.497 e. The maximum absolute atomic E-state index is 14.2. The van der Waals surface area contributed by atoms with Gasteiger partial charge in [0.2, 0.25) is 5.91 Å². The van der Waals surface area contributed by atoms with E-state index in [4.69, 9.17) is 32.7 Å². The van der Waals surface area contributed by atoms with Crippen molar-refractivity contribution in [1.29, 1.82) is 5.26 Å². The van der Waals surface area contributed by atoms with E-state index in [1.807, 2.05) is 107 Å². The summed E-state index contributed by atoms with van der Waals surface area (Å²) in [5.41, 5.74) is -0.894. The smallest absolute Gasteiger partial charge is 0.330 e. The molecular weight excluding hydrogens is 934 g/mol. The van der Waals surface area contributed by atoms with Crippen LogP contribution in [0.4, 0.5) is 0 Å². The number of hydrogen-bond donors (Lipinski definition) is 3. The highest BCUT2D eigenvalue weighted by Crippen LogP contribution is 2.50. The third kappa shape index (κ3) is 12.3. The fourth-order valence-corrected chi connectivity index (χ4v) is 11.0. The van der Waals surface area contributed by atoms with E-state index in [1.165, 1.54) is 27.6 Å². The van der Waals surface area contributed by atoms with Crippen molar-refractivity contribution in [2.24, 2.45) is 5.92 Å². The number of methoxy groups -OCH3 is 2. The van der Waals surface area contributed by atoms with Gasteiger partial charge in [-0.15, -0.1) is 0 Å². The van der Waals surface area contributed by atoms with Crippen molar-refractivity contribution in [2.75, 3.05) is 34.0 Å². The normalized spacial score (nSPS) is 20.6. The van der Waals surface area contributed by atoms with Crippen molar-refractivity contribution in [1.82, 2.24) is 29.1 Å². The van der Waals surface area contributed by atoms with Gasteiger partial charge in [0.15, 0.2) is 0 Å². The van der Waals surface area contributed by atoms with Crippen molar-refractivity contribution in [3.8, 4) is 17.6 Å². The van der Waals surface area contributed by atoms with E-state index in [0.717, 1.165) is 16.7 Å². The van der Waals surface area contributed by atoms with Crippen LogP contribution < -0.4 is 37.3 Å². The molecule has 0 radical (unpaired) electrons. The number of benzene rings is 3. The maximum atomic E-state index is 14.2. The lowest BCUT2D eigenvalue weighted by molar-refractivity contribution is -0.124. The molecular formula is C51H62N7O12P. The van der Waals surface area contributed by atoms with E-state index in [9.17, 15) is 29.2 Å². The Kier molecular flexibility index (Phi) is 17.6. The molecule has 2 saturated heterocycles. The van der Waals surface area contributed by atoms with Crippen molar-refractivity contribution in [2.45, 2.75) is 109 Å². The number of hydrogen-bond acceptors (Lipinski definition) is 14. The quantitative estimate of drug-likeness (QED) is 0.0424. The van der Waals surface area contributed by atoms with Gasteiger partial charge in [0.25, 0.3) is 19.6 Å². The molecule has 4 heterocycles. The van der Waals surface area contributed by atoms with Crippen molar-refractivity contribution in [3.05, 3.63) is 161 Å². The number of carbonyl (C=O) groups excluding carboxylic acids is 1. The van der Waals surface area contributed by atoms with Crippen LogP contribution in [0.2, 0.25) is 0 Å². The van der Waals surface area contributed by atoms with Gasteiger partial charge in [-0.1, -0.05) is 54.6 Å². The zero-order chi connectivity index (χ0) is 50.8. The Morgan fingerprint density at radius 2 is 1.48 bits per heavy atom. The summed E-state index contributed by atoms with van der Waals surface area (Å²) < 4.78 is 48.9. The molecule has 7 rings (SSSR count). The first-order chi connectivity index (χ1) is 34.1. The molecule has 71 heavy (non-hydrogen) atoms. The fourth-order valence-electron chi connectivity index (χ4n) is 9.22. The van der Waals surface area contributed by atoms with Crippen LogP contribution in [-0.2, 0) is 33.7 Å². The van der Waals surface area contributed by atoms with Gasteiger partial charge in [0.1, 0.15) is 35.7 Å². The molecule has 378 valence electrons. The van der Waals surface area contributed by atoms with Crippen LogP contribution >= 0.6 is 8.53 Å². The first-order valence-corrected chi connectivity index (χ1v) is 24.7.